The maximum absolute atomic E-state index is 4.24. The molecule has 2 aromatic rings. The number of unbranched alkanes of at least 4 members (excludes halogenated alkanes) is 1. The minimum absolute atomic E-state index is 1.08. The normalized spacial score (nSPS) is 10.4. The highest BCUT2D eigenvalue weighted by atomic mass is 15.1. The van der Waals surface area contributed by atoms with Crippen molar-refractivity contribution in [2.75, 3.05) is 18.5 Å². The highest BCUT2D eigenvalue weighted by Gasteiger charge is 2.04. The number of rotatable bonds is 6. The van der Waals surface area contributed by atoms with E-state index in [2.05, 4.69) is 80.9 Å². The van der Waals surface area contributed by atoms with Gasteiger partial charge < -0.3 is 4.90 Å². The van der Waals surface area contributed by atoms with Gasteiger partial charge in [-0.3, -0.25) is 0 Å². The van der Waals surface area contributed by atoms with Crippen molar-refractivity contribution >= 4 is 11.3 Å². The van der Waals surface area contributed by atoms with Gasteiger partial charge in [-0.15, -0.1) is 0 Å². The molecule has 0 fully saturated rings. The van der Waals surface area contributed by atoms with Crippen molar-refractivity contribution in [3.05, 3.63) is 71.8 Å². The molecule has 21 heavy (non-hydrogen) atoms. The number of hydrogen-bond donors (Lipinski definition) is 0. The average Bonchev–Trinajstić information content (AvgIpc) is 2.53. The van der Waals surface area contributed by atoms with E-state index in [0.29, 0.717) is 0 Å². The number of anilines is 1. The molecule has 0 aliphatic carbocycles. The second-order valence-electron chi connectivity index (χ2n) is 5.67. The van der Waals surface area contributed by atoms with Crippen LogP contribution in [0, 0.1) is 6.92 Å². The molecule has 0 unspecified atom stereocenters. The Morgan fingerprint density at radius 1 is 0.952 bits per heavy atom. The number of hydrogen-bond acceptors (Lipinski definition) is 1. The molecule has 0 aliphatic rings. The molecule has 0 aliphatic heterocycles. The van der Waals surface area contributed by atoms with Crippen molar-refractivity contribution in [2.24, 2.45) is 0 Å². The molecule has 2 aromatic carbocycles. The molecule has 110 valence electrons. The summed E-state index contributed by atoms with van der Waals surface area (Å²) in [5, 5.41) is 0. The summed E-state index contributed by atoms with van der Waals surface area (Å²) in [6, 6.07) is 17.2. The Kier molecular flexibility index (Phi) is 5.21. The molecule has 0 bridgehead atoms. The third kappa shape index (κ3) is 3.98. The van der Waals surface area contributed by atoms with Gasteiger partial charge >= 0.3 is 0 Å². The van der Waals surface area contributed by atoms with Crippen molar-refractivity contribution in [3.8, 4) is 0 Å². The van der Waals surface area contributed by atoms with Crippen LogP contribution in [0.4, 0.5) is 5.69 Å². The monoisotopic (exact) mass is 279 g/mol. The van der Waals surface area contributed by atoms with E-state index in [0.717, 1.165) is 12.1 Å². The SMILES string of the molecule is C=C(c1ccc(C)cc1)c1ccc(N(C)CCCC)cc1. The Labute approximate surface area is 128 Å². The Bertz CT molecular complexity index is 578. The van der Waals surface area contributed by atoms with Crippen molar-refractivity contribution in [1.29, 1.82) is 0 Å². The summed E-state index contributed by atoms with van der Waals surface area (Å²) in [5.74, 6) is 0. The van der Waals surface area contributed by atoms with Crippen LogP contribution in [-0.2, 0) is 0 Å². The first-order valence-corrected chi connectivity index (χ1v) is 7.69. The Hall–Kier alpha value is -2.02. The van der Waals surface area contributed by atoms with Crippen molar-refractivity contribution in [3.63, 3.8) is 0 Å². The van der Waals surface area contributed by atoms with Gasteiger partial charge in [0.15, 0.2) is 0 Å². The molecule has 0 amide bonds. The first-order valence-electron chi connectivity index (χ1n) is 7.69. The lowest BCUT2D eigenvalue weighted by atomic mass is 9.98. The first-order chi connectivity index (χ1) is 10.1. The third-order valence-electron chi connectivity index (χ3n) is 3.90. The lowest BCUT2D eigenvalue weighted by Crippen LogP contribution is -2.18. The zero-order chi connectivity index (χ0) is 15.2. The fourth-order valence-corrected chi connectivity index (χ4v) is 2.36. The molecular weight excluding hydrogens is 254 g/mol. The van der Waals surface area contributed by atoms with Crippen molar-refractivity contribution in [1.82, 2.24) is 0 Å². The lowest BCUT2D eigenvalue weighted by molar-refractivity contribution is 0.767. The number of nitrogens with zero attached hydrogens (tertiary/aromatic N) is 1. The van der Waals surface area contributed by atoms with Crippen molar-refractivity contribution < 1.29 is 0 Å². The topological polar surface area (TPSA) is 3.24 Å². The van der Waals surface area contributed by atoms with Crippen LogP contribution in [0.3, 0.4) is 0 Å². The zero-order valence-electron chi connectivity index (χ0n) is 13.4. The van der Waals surface area contributed by atoms with Crippen LogP contribution in [0.5, 0.6) is 0 Å². The predicted molar refractivity (Wildman–Crippen MR) is 93.9 cm³/mol. The first kappa shape index (κ1) is 15.4. The molecule has 0 saturated heterocycles. The van der Waals surface area contributed by atoms with Crippen LogP contribution in [0.15, 0.2) is 55.1 Å². The fourth-order valence-electron chi connectivity index (χ4n) is 2.36. The molecule has 1 heteroatoms. The van der Waals surface area contributed by atoms with Gasteiger partial charge in [-0.2, -0.15) is 0 Å². The quantitative estimate of drug-likeness (QED) is 0.694. The number of aryl methyl sites for hydroxylation is 1. The second kappa shape index (κ2) is 7.12. The Morgan fingerprint density at radius 3 is 2.00 bits per heavy atom. The summed E-state index contributed by atoms with van der Waals surface area (Å²) in [4.78, 5) is 2.31. The summed E-state index contributed by atoms with van der Waals surface area (Å²) >= 11 is 0. The third-order valence-corrected chi connectivity index (χ3v) is 3.90. The van der Waals surface area contributed by atoms with E-state index in [9.17, 15) is 0 Å². The minimum atomic E-state index is 1.08. The molecular formula is C20H25N. The van der Waals surface area contributed by atoms with E-state index >= 15 is 0 Å². The maximum Gasteiger partial charge on any atom is 0.0364 e. The van der Waals surface area contributed by atoms with E-state index in [-0.39, 0.29) is 0 Å². The Morgan fingerprint density at radius 2 is 1.48 bits per heavy atom. The van der Waals surface area contributed by atoms with Crippen LogP contribution in [0.25, 0.3) is 5.57 Å². The van der Waals surface area contributed by atoms with Crippen LogP contribution in [-0.4, -0.2) is 13.6 Å². The molecule has 2 rings (SSSR count). The van der Waals surface area contributed by atoms with Crippen molar-refractivity contribution in [2.45, 2.75) is 26.7 Å². The van der Waals surface area contributed by atoms with Gasteiger partial charge in [0.25, 0.3) is 0 Å². The van der Waals surface area contributed by atoms with E-state index < -0.39 is 0 Å². The van der Waals surface area contributed by atoms with Gasteiger partial charge in [0.1, 0.15) is 0 Å². The van der Waals surface area contributed by atoms with Gasteiger partial charge in [0.05, 0.1) is 0 Å². The van der Waals surface area contributed by atoms with Gasteiger partial charge in [-0.25, -0.2) is 0 Å². The van der Waals surface area contributed by atoms with E-state index in [1.807, 2.05) is 0 Å². The molecule has 0 saturated carbocycles. The summed E-state index contributed by atoms with van der Waals surface area (Å²) in [5.41, 5.74) is 6.00. The smallest absolute Gasteiger partial charge is 0.0364 e. The summed E-state index contributed by atoms with van der Waals surface area (Å²) in [7, 11) is 2.15. The van der Waals surface area contributed by atoms with Crippen LogP contribution in [0.2, 0.25) is 0 Å². The summed E-state index contributed by atoms with van der Waals surface area (Å²) < 4.78 is 0. The maximum atomic E-state index is 4.24. The zero-order valence-corrected chi connectivity index (χ0v) is 13.4. The Balaban J connectivity index is 2.11. The molecule has 1 nitrogen and oxygen atoms in total. The van der Waals surface area contributed by atoms with Crippen LogP contribution in [0.1, 0.15) is 36.5 Å². The standard InChI is InChI=1S/C20H25N/c1-5-6-15-21(4)20-13-11-19(12-14-20)17(3)18-9-7-16(2)8-10-18/h7-14H,3,5-6,15H2,1-2,4H3. The van der Waals surface area contributed by atoms with Crippen LogP contribution < -0.4 is 4.90 Å². The van der Waals surface area contributed by atoms with Gasteiger partial charge in [-0.05, 0) is 42.2 Å². The summed E-state index contributed by atoms with van der Waals surface area (Å²) in [6.45, 7) is 9.67. The van der Waals surface area contributed by atoms with E-state index in [1.54, 1.807) is 0 Å². The molecule has 0 N–H and O–H groups in total. The molecule has 0 radical (unpaired) electrons. The minimum Gasteiger partial charge on any atom is -0.375 e. The summed E-state index contributed by atoms with van der Waals surface area (Å²) in [6.07, 6.45) is 2.46. The van der Waals surface area contributed by atoms with Gasteiger partial charge in [0.2, 0.25) is 0 Å². The molecule has 0 heterocycles. The number of benzene rings is 2. The van der Waals surface area contributed by atoms with E-state index in [4.69, 9.17) is 0 Å². The van der Waals surface area contributed by atoms with Crippen LogP contribution >= 0.6 is 0 Å². The van der Waals surface area contributed by atoms with E-state index in [1.165, 1.54) is 35.2 Å². The highest BCUT2D eigenvalue weighted by molar-refractivity contribution is 5.78. The molecule has 0 atom stereocenters. The molecule has 0 aromatic heterocycles. The predicted octanol–water partition coefficient (Wildman–Crippen LogP) is 5.29. The highest BCUT2D eigenvalue weighted by Crippen LogP contribution is 2.24. The average molecular weight is 279 g/mol. The van der Waals surface area contributed by atoms with Gasteiger partial charge in [-0.1, -0.05) is 61.9 Å². The lowest BCUT2D eigenvalue weighted by Gasteiger charge is -2.19. The molecule has 0 spiro atoms. The second-order valence-corrected chi connectivity index (χ2v) is 5.67. The largest absolute Gasteiger partial charge is 0.375 e. The van der Waals surface area contributed by atoms with Gasteiger partial charge in [0, 0.05) is 19.3 Å². The fraction of sp³-hybridized carbons (Fsp3) is 0.300.